The van der Waals surface area contributed by atoms with Gasteiger partial charge in [0.15, 0.2) is 0 Å². The number of nitrogens with one attached hydrogen (secondary N) is 1. The Morgan fingerprint density at radius 2 is 2.33 bits per heavy atom. The van der Waals surface area contributed by atoms with E-state index in [0.29, 0.717) is 12.3 Å². The van der Waals surface area contributed by atoms with Gasteiger partial charge in [-0.25, -0.2) is 5.48 Å². The van der Waals surface area contributed by atoms with Crippen molar-refractivity contribution in [2.75, 3.05) is 6.61 Å². The molecule has 1 rings (SSSR count). The Labute approximate surface area is 89.6 Å². The van der Waals surface area contributed by atoms with Crippen molar-refractivity contribution in [3.63, 3.8) is 0 Å². The molecular formula is C11H16N2O2. The van der Waals surface area contributed by atoms with Gasteiger partial charge in [0.05, 0.1) is 6.61 Å². The van der Waals surface area contributed by atoms with Gasteiger partial charge in [0.25, 0.3) is 5.91 Å². The van der Waals surface area contributed by atoms with Crippen molar-refractivity contribution >= 4 is 5.91 Å². The molecule has 0 aliphatic carbocycles. The van der Waals surface area contributed by atoms with Crippen molar-refractivity contribution in [2.24, 2.45) is 0 Å². The van der Waals surface area contributed by atoms with Crippen molar-refractivity contribution in [3.05, 3.63) is 30.1 Å². The fraction of sp³-hybridized carbons (Fsp3) is 0.455. The van der Waals surface area contributed by atoms with Crippen LogP contribution in [-0.2, 0) is 4.84 Å². The van der Waals surface area contributed by atoms with Gasteiger partial charge in [0.1, 0.15) is 5.69 Å². The standard InChI is InChI=1S/C11H16N2O2/c1-2-3-6-9-15-13-11(14)10-7-4-5-8-12-10/h4-5,7-8H,2-3,6,9H2,1H3,(H,13,14). The molecule has 0 spiro atoms. The van der Waals surface area contributed by atoms with Crippen molar-refractivity contribution in [1.82, 2.24) is 10.5 Å². The molecule has 4 nitrogen and oxygen atoms in total. The first-order chi connectivity index (χ1) is 7.34. The highest BCUT2D eigenvalue weighted by Crippen LogP contribution is 1.95. The minimum atomic E-state index is -0.299. The topological polar surface area (TPSA) is 51.2 Å². The predicted octanol–water partition coefficient (Wildman–Crippen LogP) is 1.93. The van der Waals surface area contributed by atoms with E-state index >= 15 is 0 Å². The summed E-state index contributed by atoms with van der Waals surface area (Å²) in [5.41, 5.74) is 2.72. The number of amides is 1. The lowest BCUT2D eigenvalue weighted by molar-refractivity contribution is 0.0294. The molecule has 1 amide bonds. The van der Waals surface area contributed by atoms with Crippen LogP contribution < -0.4 is 5.48 Å². The second-order valence-corrected chi connectivity index (χ2v) is 3.20. The largest absolute Gasteiger partial charge is 0.293 e. The molecule has 0 radical (unpaired) electrons. The molecule has 1 N–H and O–H groups in total. The minimum absolute atomic E-state index is 0.299. The number of unbranched alkanes of at least 4 members (excludes halogenated alkanes) is 2. The monoisotopic (exact) mass is 208 g/mol. The van der Waals surface area contributed by atoms with Gasteiger partial charge >= 0.3 is 0 Å². The van der Waals surface area contributed by atoms with Crippen LogP contribution in [0.2, 0.25) is 0 Å². The molecule has 0 fully saturated rings. The Kier molecular flexibility index (Phi) is 5.40. The maximum atomic E-state index is 11.4. The molecule has 0 bridgehead atoms. The molecule has 0 saturated heterocycles. The fourth-order valence-corrected chi connectivity index (χ4v) is 1.09. The normalized spacial score (nSPS) is 9.93. The van der Waals surface area contributed by atoms with Crippen LogP contribution in [0.15, 0.2) is 24.4 Å². The Balaban J connectivity index is 2.20. The SMILES string of the molecule is CCCCCONC(=O)c1ccccn1. The van der Waals surface area contributed by atoms with Crippen LogP contribution in [0.25, 0.3) is 0 Å². The lowest BCUT2D eigenvalue weighted by Crippen LogP contribution is -2.25. The first-order valence-corrected chi connectivity index (χ1v) is 5.17. The molecule has 0 aliphatic heterocycles. The van der Waals surface area contributed by atoms with E-state index in [-0.39, 0.29) is 5.91 Å². The molecule has 1 aromatic rings. The van der Waals surface area contributed by atoms with Crippen molar-refractivity contribution < 1.29 is 9.63 Å². The smallest absolute Gasteiger partial charge is 0.273 e. The van der Waals surface area contributed by atoms with E-state index in [1.54, 1.807) is 24.4 Å². The second kappa shape index (κ2) is 6.95. The van der Waals surface area contributed by atoms with E-state index in [0.717, 1.165) is 19.3 Å². The van der Waals surface area contributed by atoms with Gasteiger partial charge in [-0.1, -0.05) is 25.8 Å². The quantitative estimate of drug-likeness (QED) is 0.574. The van der Waals surface area contributed by atoms with Crippen LogP contribution in [0.4, 0.5) is 0 Å². The summed E-state index contributed by atoms with van der Waals surface area (Å²) in [6, 6.07) is 5.17. The number of aromatic nitrogens is 1. The lowest BCUT2D eigenvalue weighted by Gasteiger charge is -2.04. The van der Waals surface area contributed by atoms with Gasteiger partial charge in [0.2, 0.25) is 0 Å². The molecule has 4 heteroatoms. The molecule has 0 atom stereocenters. The lowest BCUT2D eigenvalue weighted by atomic mass is 10.3. The Bertz CT molecular complexity index is 288. The van der Waals surface area contributed by atoms with Crippen molar-refractivity contribution in [3.8, 4) is 0 Å². The number of carbonyl (C=O) groups is 1. The molecule has 0 aromatic carbocycles. The number of pyridine rings is 1. The number of hydrogen-bond donors (Lipinski definition) is 1. The van der Waals surface area contributed by atoms with Crippen molar-refractivity contribution in [1.29, 1.82) is 0 Å². The number of carbonyl (C=O) groups excluding carboxylic acids is 1. The Morgan fingerprint density at radius 3 is 3.00 bits per heavy atom. The highest BCUT2D eigenvalue weighted by atomic mass is 16.6. The second-order valence-electron chi connectivity index (χ2n) is 3.20. The molecule has 0 aliphatic rings. The first-order valence-electron chi connectivity index (χ1n) is 5.17. The first kappa shape index (κ1) is 11.7. The summed E-state index contributed by atoms with van der Waals surface area (Å²) in [7, 11) is 0. The van der Waals surface area contributed by atoms with E-state index in [1.165, 1.54) is 0 Å². The zero-order valence-electron chi connectivity index (χ0n) is 8.90. The van der Waals surface area contributed by atoms with Crippen molar-refractivity contribution in [2.45, 2.75) is 26.2 Å². The minimum Gasteiger partial charge on any atom is -0.273 e. The maximum Gasteiger partial charge on any atom is 0.293 e. The molecule has 1 heterocycles. The summed E-state index contributed by atoms with van der Waals surface area (Å²) in [6.45, 7) is 2.67. The molecular weight excluding hydrogens is 192 g/mol. The summed E-state index contributed by atoms with van der Waals surface area (Å²) in [5, 5.41) is 0. The Hall–Kier alpha value is -1.42. The van der Waals surface area contributed by atoms with Crippen LogP contribution in [0.1, 0.15) is 36.7 Å². The molecule has 1 aromatic heterocycles. The van der Waals surface area contributed by atoms with Gasteiger partial charge < -0.3 is 0 Å². The van der Waals surface area contributed by atoms with Crippen LogP contribution in [0.5, 0.6) is 0 Å². The van der Waals surface area contributed by atoms with Gasteiger partial charge in [-0.05, 0) is 18.6 Å². The molecule has 82 valence electrons. The van der Waals surface area contributed by atoms with E-state index in [2.05, 4.69) is 17.4 Å². The van der Waals surface area contributed by atoms with Crippen LogP contribution in [0, 0.1) is 0 Å². The number of nitrogens with zero attached hydrogens (tertiary/aromatic N) is 1. The third-order valence-corrected chi connectivity index (χ3v) is 1.91. The summed E-state index contributed by atoms with van der Waals surface area (Å²) in [6.07, 6.45) is 4.78. The number of rotatable bonds is 6. The maximum absolute atomic E-state index is 11.4. The average molecular weight is 208 g/mol. The third-order valence-electron chi connectivity index (χ3n) is 1.91. The highest BCUT2D eigenvalue weighted by Gasteiger charge is 2.04. The van der Waals surface area contributed by atoms with Gasteiger partial charge in [0, 0.05) is 6.20 Å². The summed E-state index contributed by atoms with van der Waals surface area (Å²) < 4.78 is 0. The number of hydrogen-bond acceptors (Lipinski definition) is 3. The van der Waals surface area contributed by atoms with Crippen LogP contribution in [0.3, 0.4) is 0 Å². The Morgan fingerprint density at radius 1 is 1.47 bits per heavy atom. The van der Waals surface area contributed by atoms with Gasteiger partial charge in [-0.2, -0.15) is 0 Å². The van der Waals surface area contributed by atoms with E-state index in [4.69, 9.17) is 4.84 Å². The number of hydroxylamine groups is 1. The zero-order valence-corrected chi connectivity index (χ0v) is 8.90. The summed E-state index contributed by atoms with van der Waals surface area (Å²) in [5.74, 6) is -0.299. The van der Waals surface area contributed by atoms with E-state index in [1.807, 2.05) is 0 Å². The molecule has 0 saturated carbocycles. The fourth-order valence-electron chi connectivity index (χ4n) is 1.09. The van der Waals surface area contributed by atoms with E-state index in [9.17, 15) is 4.79 Å². The highest BCUT2D eigenvalue weighted by molar-refractivity contribution is 5.91. The predicted molar refractivity (Wildman–Crippen MR) is 57.2 cm³/mol. The third kappa shape index (κ3) is 4.56. The van der Waals surface area contributed by atoms with Crippen LogP contribution in [-0.4, -0.2) is 17.5 Å². The van der Waals surface area contributed by atoms with Gasteiger partial charge in [-0.15, -0.1) is 0 Å². The average Bonchev–Trinajstić information content (AvgIpc) is 2.30. The zero-order chi connectivity index (χ0) is 10.9. The molecule has 15 heavy (non-hydrogen) atoms. The summed E-state index contributed by atoms with van der Waals surface area (Å²) >= 11 is 0. The van der Waals surface area contributed by atoms with Gasteiger partial charge in [-0.3, -0.25) is 14.6 Å². The van der Waals surface area contributed by atoms with E-state index < -0.39 is 0 Å². The van der Waals surface area contributed by atoms with Crippen LogP contribution >= 0.6 is 0 Å². The summed E-state index contributed by atoms with van der Waals surface area (Å²) in [4.78, 5) is 20.3. The molecule has 0 unspecified atom stereocenters.